The van der Waals surface area contributed by atoms with Crippen LogP contribution >= 0.6 is 11.6 Å². The van der Waals surface area contributed by atoms with Gasteiger partial charge in [0.2, 0.25) is 0 Å². The van der Waals surface area contributed by atoms with Crippen molar-refractivity contribution in [3.8, 4) is 0 Å². The van der Waals surface area contributed by atoms with E-state index < -0.39 is 6.10 Å². The molecule has 0 saturated carbocycles. The van der Waals surface area contributed by atoms with Gasteiger partial charge in [0.1, 0.15) is 6.10 Å². The number of rotatable bonds is 3. The second-order valence-corrected chi connectivity index (χ2v) is 3.90. The highest BCUT2D eigenvalue weighted by Crippen LogP contribution is 2.18. The lowest BCUT2D eigenvalue weighted by molar-refractivity contribution is 0.151. The molecule has 4 nitrogen and oxygen atoms in total. The second-order valence-electron chi connectivity index (χ2n) is 3.49. The van der Waals surface area contributed by atoms with Crippen molar-refractivity contribution in [3.63, 3.8) is 0 Å². The number of aliphatic hydroxyl groups excluding tert-OH is 1. The van der Waals surface area contributed by atoms with Gasteiger partial charge in [0.15, 0.2) is 5.82 Å². The molecule has 16 heavy (non-hydrogen) atoms. The summed E-state index contributed by atoms with van der Waals surface area (Å²) in [6, 6.07) is 7.48. The summed E-state index contributed by atoms with van der Waals surface area (Å²) in [5.74, 6) is 0.742. The predicted molar refractivity (Wildman–Crippen MR) is 59.2 cm³/mol. The first-order valence-electron chi connectivity index (χ1n) is 4.91. The zero-order chi connectivity index (χ0) is 11.5. The summed E-state index contributed by atoms with van der Waals surface area (Å²) in [7, 11) is 0. The zero-order valence-electron chi connectivity index (χ0n) is 8.72. The molecular weight excluding hydrogens is 228 g/mol. The fraction of sp³-hybridized carbons (Fsp3) is 0.273. The van der Waals surface area contributed by atoms with Crippen LogP contribution in [0.1, 0.15) is 30.3 Å². The number of hydrogen-bond donors (Lipinski definition) is 1. The third-order valence-corrected chi connectivity index (χ3v) is 2.52. The fourth-order valence-electron chi connectivity index (χ4n) is 1.32. The van der Waals surface area contributed by atoms with Crippen LogP contribution in [0.4, 0.5) is 0 Å². The van der Waals surface area contributed by atoms with E-state index in [9.17, 15) is 5.11 Å². The maximum absolute atomic E-state index is 9.24. The van der Waals surface area contributed by atoms with Gasteiger partial charge < -0.3 is 9.63 Å². The first-order valence-corrected chi connectivity index (χ1v) is 5.28. The molecule has 0 aliphatic rings. The van der Waals surface area contributed by atoms with E-state index in [4.69, 9.17) is 16.1 Å². The van der Waals surface area contributed by atoms with Crippen molar-refractivity contribution in [3.05, 3.63) is 46.6 Å². The maximum atomic E-state index is 9.24. The lowest BCUT2D eigenvalue weighted by atomic mass is 10.1. The molecule has 2 rings (SSSR count). The molecule has 0 fully saturated rings. The summed E-state index contributed by atoms with van der Waals surface area (Å²) in [5, 5.41) is 13.7. The largest absolute Gasteiger partial charge is 0.384 e. The number of hydrogen-bond acceptors (Lipinski definition) is 4. The van der Waals surface area contributed by atoms with Crippen molar-refractivity contribution in [2.24, 2.45) is 0 Å². The van der Waals surface area contributed by atoms with Gasteiger partial charge in [-0.05, 0) is 18.6 Å². The van der Waals surface area contributed by atoms with Crippen LogP contribution in [0.3, 0.4) is 0 Å². The Morgan fingerprint density at radius 3 is 2.81 bits per heavy atom. The van der Waals surface area contributed by atoms with Crippen LogP contribution in [0.2, 0.25) is 5.02 Å². The first kappa shape index (κ1) is 11.1. The summed E-state index contributed by atoms with van der Waals surface area (Å²) in [6.07, 6.45) is -0.247. The Hall–Kier alpha value is -1.39. The van der Waals surface area contributed by atoms with Gasteiger partial charge >= 0.3 is 0 Å². The van der Waals surface area contributed by atoms with E-state index in [0.29, 0.717) is 17.3 Å². The highest BCUT2D eigenvalue weighted by Gasteiger charge is 2.12. The molecule has 1 aromatic heterocycles. The van der Waals surface area contributed by atoms with Crippen LogP contribution in [-0.2, 0) is 6.42 Å². The number of nitrogens with zero attached hydrogens (tertiary/aromatic N) is 2. The highest BCUT2D eigenvalue weighted by atomic mass is 35.5. The minimum Gasteiger partial charge on any atom is -0.384 e. The van der Waals surface area contributed by atoms with Crippen molar-refractivity contribution >= 4 is 11.6 Å². The van der Waals surface area contributed by atoms with E-state index >= 15 is 0 Å². The quantitative estimate of drug-likeness (QED) is 0.892. The van der Waals surface area contributed by atoms with Crippen molar-refractivity contribution in [1.82, 2.24) is 10.1 Å². The van der Waals surface area contributed by atoms with Gasteiger partial charge in [0, 0.05) is 11.4 Å². The van der Waals surface area contributed by atoms with Crippen LogP contribution in [0.15, 0.2) is 28.8 Å². The molecule has 0 amide bonds. The molecule has 0 bridgehead atoms. The smallest absolute Gasteiger partial charge is 0.255 e. The number of aromatic nitrogens is 2. The molecule has 2 aromatic rings. The molecule has 84 valence electrons. The van der Waals surface area contributed by atoms with E-state index in [1.807, 2.05) is 24.3 Å². The SMILES string of the molecule is CC(O)c1nc(Cc2ccccc2Cl)no1. The first-order chi connectivity index (χ1) is 7.66. The van der Waals surface area contributed by atoms with Crippen LogP contribution in [0, 0.1) is 0 Å². The predicted octanol–water partition coefficient (Wildman–Crippen LogP) is 2.37. The lowest BCUT2D eigenvalue weighted by Gasteiger charge is -1.99. The van der Waals surface area contributed by atoms with Crippen LogP contribution in [0.5, 0.6) is 0 Å². The van der Waals surface area contributed by atoms with Gasteiger partial charge in [-0.2, -0.15) is 4.98 Å². The van der Waals surface area contributed by atoms with Gasteiger partial charge in [-0.25, -0.2) is 0 Å². The minimum atomic E-state index is -0.743. The van der Waals surface area contributed by atoms with E-state index in [-0.39, 0.29) is 5.89 Å². The standard InChI is InChI=1S/C11H11ClN2O2/c1-7(15)11-13-10(14-16-11)6-8-4-2-3-5-9(8)12/h2-5,7,15H,6H2,1H3. The Morgan fingerprint density at radius 1 is 1.44 bits per heavy atom. The van der Waals surface area contributed by atoms with E-state index in [0.717, 1.165) is 5.56 Å². The molecule has 1 heterocycles. The fourth-order valence-corrected chi connectivity index (χ4v) is 1.52. The number of halogens is 1. The molecular formula is C11H11ClN2O2. The average Bonchev–Trinajstić information content (AvgIpc) is 2.70. The van der Waals surface area contributed by atoms with Crippen molar-refractivity contribution < 1.29 is 9.63 Å². The monoisotopic (exact) mass is 238 g/mol. The van der Waals surface area contributed by atoms with Gasteiger partial charge in [-0.15, -0.1) is 0 Å². The van der Waals surface area contributed by atoms with Crippen molar-refractivity contribution in [2.45, 2.75) is 19.4 Å². The Morgan fingerprint density at radius 2 is 2.19 bits per heavy atom. The highest BCUT2D eigenvalue weighted by molar-refractivity contribution is 6.31. The molecule has 0 aliphatic carbocycles. The summed E-state index contributed by atoms with van der Waals surface area (Å²) in [5.41, 5.74) is 0.933. The average molecular weight is 239 g/mol. The molecule has 1 unspecified atom stereocenters. The summed E-state index contributed by atoms with van der Waals surface area (Å²) >= 11 is 6.01. The summed E-state index contributed by atoms with van der Waals surface area (Å²) in [4.78, 5) is 4.06. The molecule has 0 saturated heterocycles. The van der Waals surface area contributed by atoms with Gasteiger partial charge in [0.05, 0.1) is 0 Å². The topological polar surface area (TPSA) is 59.2 Å². The van der Waals surface area contributed by atoms with Crippen molar-refractivity contribution in [2.75, 3.05) is 0 Å². The van der Waals surface area contributed by atoms with Gasteiger partial charge in [-0.3, -0.25) is 0 Å². The molecule has 1 aromatic carbocycles. The van der Waals surface area contributed by atoms with Crippen LogP contribution < -0.4 is 0 Å². The molecule has 0 spiro atoms. The summed E-state index contributed by atoms with van der Waals surface area (Å²) in [6.45, 7) is 1.58. The third kappa shape index (κ3) is 2.40. The number of benzene rings is 1. The Bertz CT molecular complexity index is 482. The normalized spacial score (nSPS) is 12.7. The van der Waals surface area contributed by atoms with Crippen LogP contribution in [0.25, 0.3) is 0 Å². The van der Waals surface area contributed by atoms with Crippen molar-refractivity contribution in [1.29, 1.82) is 0 Å². The molecule has 5 heteroatoms. The number of aliphatic hydroxyl groups is 1. The lowest BCUT2D eigenvalue weighted by Crippen LogP contribution is -1.94. The maximum Gasteiger partial charge on any atom is 0.255 e. The zero-order valence-corrected chi connectivity index (χ0v) is 9.48. The Balaban J connectivity index is 2.18. The Kier molecular flexibility index (Phi) is 3.22. The molecule has 1 atom stereocenters. The molecule has 0 radical (unpaired) electrons. The van der Waals surface area contributed by atoms with E-state index in [1.165, 1.54) is 0 Å². The van der Waals surface area contributed by atoms with E-state index in [1.54, 1.807) is 6.92 Å². The second kappa shape index (κ2) is 4.63. The van der Waals surface area contributed by atoms with Crippen LogP contribution in [-0.4, -0.2) is 15.2 Å². The Labute approximate surface area is 97.9 Å². The van der Waals surface area contributed by atoms with E-state index in [2.05, 4.69) is 10.1 Å². The minimum absolute atomic E-state index is 0.224. The molecule has 1 N–H and O–H groups in total. The van der Waals surface area contributed by atoms with Gasteiger partial charge in [0.25, 0.3) is 5.89 Å². The summed E-state index contributed by atoms with van der Waals surface area (Å²) < 4.78 is 4.88. The molecule has 0 aliphatic heterocycles. The third-order valence-electron chi connectivity index (χ3n) is 2.15. The van der Waals surface area contributed by atoms with Gasteiger partial charge in [-0.1, -0.05) is 35.0 Å².